The largest absolute Gasteiger partial charge is 0.346 e. The van der Waals surface area contributed by atoms with Crippen molar-refractivity contribution in [2.24, 2.45) is 0 Å². The predicted octanol–water partition coefficient (Wildman–Crippen LogP) is 8.95. The summed E-state index contributed by atoms with van der Waals surface area (Å²) in [6.45, 7) is 11.7. The average molecular weight is 548 g/mol. The van der Waals surface area contributed by atoms with Crippen LogP contribution >= 0.6 is 0 Å². The van der Waals surface area contributed by atoms with Gasteiger partial charge in [0, 0.05) is 37.6 Å². The van der Waals surface area contributed by atoms with Gasteiger partial charge in [-0.2, -0.15) is 0 Å². The monoisotopic (exact) mass is 547 g/mol. The molecule has 2 aromatic heterocycles. The number of aromatic nitrogens is 3. The molecule has 214 valence electrons. The van der Waals surface area contributed by atoms with Crippen LogP contribution in [0.15, 0.2) is 84.9 Å². The fourth-order valence-corrected chi connectivity index (χ4v) is 6.21. The Balaban J connectivity index is 1.82. The topological polar surface area (TPSA) is 37.2 Å². The van der Waals surface area contributed by atoms with Crippen LogP contribution in [0.1, 0.15) is 70.9 Å². The van der Waals surface area contributed by atoms with Crippen molar-refractivity contribution >= 4 is 33.7 Å². The van der Waals surface area contributed by atoms with E-state index in [-0.39, 0.29) is 5.54 Å². The Morgan fingerprint density at radius 3 is 1.83 bits per heavy atom. The first-order chi connectivity index (χ1) is 20.0. The third kappa shape index (κ3) is 5.68. The van der Waals surface area contributed by atoms with Crippen molar-refractivity contribution in [1.29, 1.82) is 0 Å². The van der Waals surface area contributed by atoms with E-state index >= 15 is 0 Å². The van der Waals surface area contributed by atoms with Gasteiger partial charge in [-0.3, -0.25) is 0 Å². The minimum Gasteiger partial charge on any atom is -0.346 e. The van der Waals surface area contributed by atoms with Gasteiger partial charge in [0.15, 0.2) is 5.82 Å². The van der Waals surface area contributed by atoms with Gasteiger partial charge in [0.25, 0.3) is 0 Å². The number of benzene rings is 3. The van der Waals surface area contributed by atoms with Crippen LogP contribution in [0.25, 0.3) is 21.9 Å². The van der Waals surface area contributed by atoms with Gasteiger partial charge in [-0.25, -0.2) is 9.97 Å². The molecule has 3 aromatic carbocycles. The number of rotatable bonds is 13. The highest BCUT2D eigenvalue weighted by atomic mass is 15.3. The van der Waals surface area contributed by atoms with Crippen molar-refractivity contribution in [2.45, 2.75) is 78.4 Å². The van der Waals surface area contributed by atoms with Crippen molar-refractivity contribution < 1.29 is 0 Å². The Morgan fingerprint density at radius 1 is 0.707 bits per heavy atom. The molecule has 0 saturated heterocycles. The maximum absolute atomic E-state index is 5.51. The van der Waals surface area contributed by atoms with Gasteiger partial charge in [-0.1, -0.05) is 113 Å². The van der Waals surface area contributed by atoms with Gasteiger partial charge in [0.2, 0.25) is 5.95 Å². The van der Waals surface area contributed by atoms with Crippen LogP contribution in [0.5, 0.6) is 0 Å². The molecule has 5 heteroatoms. The zero-order valence-electron chi connectivity index (χ0n) is 25.5. The third-order valence-corrected chi connectivity index (χ3v) is 8.83. The molecule has 0 N–H and O–H groups in total. The summed E-state index contributed by atoms with van der Waals surface area (Å²) < 4.78 is 2.59. The lowest BCUT2D eigenvalue weighted by atomic mass is 9.89. The molecule has 0 saturated carbocycles. The van der Waals surface area contributed by atoms with E-state index in [1.807, 2.05) is 0 Å². The van der Waals surface area contributed by atoms with E-state index in [1.54, 1.807) is 0 Å². The second kappa shape index (κ2) is 12.8. The highest BCUT2D eigenvalue weighted by Crippen LogP contribution is 2.42. The number of anilines is 2. The van der Waals surface area contributed by atoms with Crippen LogP contribution in [0.4, 0.5) is 11.8 Å². The molecule has 0 unspecified atom stereocenters. The minimum absolute atomic E-state index is 0.0321. The van der Waals surface area contributed by atoms with Crippen LogP contribution < -0.4 is 9.80 Å². The molecule has 0 aliphatic heterocycles. The predicted molar refractivity (Wildman–Crippen MR) is 175 cm³/mol. The summed E-state index contributed by atoms with van der Waals surface area (Å²) in [5.41, 5.74) is 5.71. The fraction of sp³-hybridized carbons (Fsp3) is 0.389. The highest BCUT2D eigenvalue weighted by molar-refractivity contribution is 6.08. The Bertz CT molecular complexity index is 1500. The number of fused-ring (bicyclic) bond motifs is 3. The molecule has 5 rings (SSSR count). The standard InChI is InChI=1S/C36H45N5/c1-6-10-25-39(5)35-38-32-33(41(35)36(7-2,8-3)9-4)30-23-17-18-24-31(30)37-34(32)40(26-28-19-13-11-14-20-28)27-29-21-15-12-16-22-29/h11-24H,6-10,25-27H2,1-5H3. The van der Waals surface area contributed by atoms with Crippen LogP contribution in [-0.4, -0.2) is 28.1 Å². The minimum atomic E-state index is -0.0321. The first-order valence-corrected chi connectivity index (χ1v) is 15.4. The first kappa shape index (κ1) is 28.7. The second-order valence-electron chi connectivity index (χ2n) is 11.3. The molecule has 5 nitrogen and oxygen atoms in total. The normalized spacial score (nSPS) is 11.8. The molecular weight excluding hydrogens is 502 g/mol. The summed E-state index contributed by atoms with van der Waals surface area (Å²) in [7, 11) is 2.21. The molecule has 0 aliphatic rings. The summed E-state index contributed by atoms with van der Waals surface area (Å²) in [6, 6.07) is 30.1. The second-order valence-corrected chi connectivity index (χ2v) is 11.3. The molecule has 0 aliphatic carbocycles. The number of para-hydroxylation sites is 1. The SMILES string of the molecule is CCCCN(C)c1nc2c(N(Cc3ccccc3)Cc3ccccc3)nc3ccccc3c2n1C(CC)(CC)CC. The van der Waals surface area contributed by atoms with Gasteiger partial charge in [0.05, 0.1) is 11.0 Å². The molecule has 0 radical (unpaired) electrons. The molecule has 0 amide bonds. The van der Waals surface area contributed by atoms with E-state index in [1.165, 1.54) is 22.0 Å². The van der Waals surface area contributed by atoms with Crippen LogP contribution in [-0.2, 0) is 18.6 Å². The molecule has 0 spiro atoms. The van der Waals surface area contributed by atoms with E-state index in [2.05, 4.69) is 134 Å². The van der Waals surface area contributed by atoms with Gasteiger partial charge in [0.1, 0.15) is 5.52 Å². The molecule has 0 bridgehead atoms. The van der Waals surface area contributed by atoms with E-state index in [9.17, 15) is 0 Å². The number of nitrogens with zero attached hydrogens (tertiary/aromatic N) is 5. The molecule has 2 heterocycles. The fourth-order valence-electron chi connectivity index (χ4n) is 6.21. The Morgan fingerprint density at radius 2 is 1.27 bits per heavy atom. The van der Waals surface area contributed by atoms with Crippen molar-refractivity contribution in [3.8, 4) is 0 Å². The van der Waals surface area contributed by atoms with E-state index in [0.29, 0.717) is 0 Å². The highest BCUT2D eigenvalue weighted by Gasteiger charge is 2.34. The first-order valence-electron chi connectivity index (χ1n) is 15.4. The lowest BCUT2D eigenvalue weighted by Gasteiger charge is -2.36. The average Bonchev–Trinajstić information content (AvgIpc) is 3.43. The summed E-state index contributed by atoms with van der Waals surface area (Å²) in [5, 5.41) is 1.17. The molecular formula is C36H45N5. The van der Waals surface area contributed by atoms with Crippen molar-refractivity contribution in [2.75, 3.05) is 23.4 Å². The van der Waals surface area contributed by atoms with Crippen LogP contribution in [0.2, 0.25) is 0 Å². The molecule has 41 heavy (non-hydrogen) atoms. The zero-order valence-corrected chi connectivity index (χ0v) is 25.5. The van der Waals surface area contributed by atoms with E-state index in [4.69, 9.17) is 9.97 Å². The number of hydrogen-bond donors (Lipinski definition) is 0. The maximum atomic E-state index is 5.51. The van der Waals surface area contributed by atoms with E-state index < -0.39 is 0 Å². The van der Waals surface area contributed by atoms with Crippen molar-refractivity contribution in [3.63, 3.8) is 0 Å². The molecule has 0 atom stereocenters. The van der Waals surface area contributed by atoms with Gasteiger partial charge in [-0.05, 0) is 42.9 Å². The summed E-state index contributed by atoms with van der Waals surface area (Å²) in [6.07, 6.45) is 5.43. The van der Waals surface area contributed by atoms with Gasteiger partial charge in [-0.15, -0.1) is 0 Å². The molecule has 0 fully saturated rings. The smallest absolute Gasteiger partial charge is 0.206 e. The van der Waals surface area contributed by atoms with Gasteiger partial charge >= 0.3 is 0 Å². The van der Waals surface area contributed by atoms with Crippen LogP contribution in [0.3, 0.4) is 0 Å². The van der Waals surface area contributed by atoms with Gasteiger partial charge < -0.3 is 14.4 Å². The lowest BCUT2D eigenvalue weighted by molar-refractivity contribution is 0.260. The number of imidazole rings is 1. The van der Waals surface area contributed by atoms with Crippen molar-refractivity contribution in [1.82, 2.24) is 14.5 Å². The maximum Gasteiger partial charge on any atom is 0.206 e. The Kier molecular flexibility index (Phi) is 8.92. The Labute approximate surface area is 245 Å². The number of hydrogen-bond acceptors (Lipinski definition) is 4. The lowest BCUT2D eigenvalue weighted by Crippen LogP contribution is -2.35. The zero-order chi connectivity index (χ0) is 28.8. The summed E-state index contributed by atoms with van der Waals surface area (Å²) >= 11 is 0. The van der Waals surface area contributed by atoms with E-state index in [0.717, 1.165) is 74.5 Å². The summed E-state index contributed by atoms with van der Waals surface area (Å²) in [5.74, 6) is 2.00. The third-order valence-electron chi connectivity index (χ3n) is 8.83. The quantitative estimate of drug-likeness (QED) is 0.147. The van der Waals surface area contributed by atoms with Crippen molar-refractivity contribution in [3.05, 3.63) is 96.1 Å². The Hall–Kier alpha value is -3.86. The molecule has 5 aromatic rings. The number of unbranched alkanes of at least 4 members (excludes halogenated alkanes) is 1. The summed E-state index contributed by atoms with van der Waals surface area (Å²) in [4.78, 5) is 15.7. The number of pyridine rings is 1. The van der Waals surface area contributed by atoms with Crippen LogP contribution in [0, 0.1) is 0 Å².